The molecule has 0 aliphatic carbocycles. The van der Waals surface area contributed by atoms with Gasteiger partial charge in [0.25, 0.3) is 15.9 Å². The lowest BCUT2D eigenvalue weighted by Crippen LogP contribution is -2.25. The number of carbonyl (C=O) groups is 1. The smallest absolute Gasteiger partial charge is 0.417 e. The summed E-state index contributed by atoms with van der Waals surface area (Å²) in [6, 6.07) is 7.49. The van der Waals surface area contributed by atoms with E-state index in [1.165, 1.54) is 24.3 Å². The van der Waals surface area contributed by atoms with Crippen LogP contribution in [0.2, 0.25) is 5.02 Å². The SMILES string of the molecule is CCNC(=O)c1ncnc(Oc2ccc(NS(=O)(=O)c3ccc(Cl)c(C(F)(F)F)c3)cc2)n1. The average molecular weight is 502 g/mol. The molecule has 1 aromatic heterocycles. The fourth-order valence-electron chi connectivity index (χ4n) is 2.48. The number of alkyl halides is 3. The van der Waals surface area contributed by atoms with Crippen LogP contribution in [0.25, 0.3) is 0 Å². The predicted octanol–water partition coefficient (Wildman–Crippen LogP) is 3.89. The molecule has 1 amide bonds. The van der Waals surface area contributed by atoms with Crippen LogP contribution in [-0.4, -0.2) is 35.8 Å². The van der Waals surface area contributed by atoms with Crippen molar-refractivity contribution in [1.29, 1.82) is 0 Å². The molecule has 14 heteroatoms. The van der Waals surface area contributed by atoms with Gasteiger partial charge in [0.05, 0.1) is 15.5 Å². The molecule has 0 unspecified atom stereocenters. The van der Waals surface area contributed by atoms with E-state index in [1.54, 1.807) is 6.92 Å². The summed E-state index contributed by atoms with van der Waals surface area (Å²) in [5, 5.41) is 1.91. The highest BCUT2D eigenvalue weighted by molar-refractivity contribution is 7.92. The Hall–Kier alpha value is -3.45. The van der Waals surface area contributed by atoms with E-state index in [0.717, 1.165) is 18.5 Å². The number of nitrogens with zero attached hydrogens (tertiary/aromatic N) is 3. The minimum absolute atomic E-state index is 0.0597. The number of hydrogen-bond donors (Lipinski definition) is 2. The maximum atomic E-state index is 13.0. The van der Waals surface area contributed by atoms with Gasteiger partial charge in [-0.25, -0.2) is 13.4 Å². The molecular weight excluding hydrogens is 487 g/mol. The highest BCUT2D eigenvalue weighted by Crippen LogP contribution is 2.36. The molecule has 0 bridgehead atoms. The Kier molecular flexibility index (Phi) is 7.03. The summed E-state index contributed by atoms with van der Waals surface area (Å²) in [5.41, 5.74) is -1.20. The van der Waals surface area contributed by atoms with E-state index in [9.17, 15) is 26.4 Å². The van der Waals surface area contributed by atoms with E-state index >= 15 is 0 Å². The van der Waals surface area contributed by atoms with Crippen LogP contribution in [0.1, 0.15) is 23.1 Å². The topological polar surface area (TPSA) is 123 Å². The number of anilines is 1. The molecule has 0 saturated carbocycles. The first-order chi connectivity index (χ1) is 15.5. The number of sulfonamides is 1. The van der Waals surface area contributed by atoms with Crippen LogP contribution >= 0.6 is 11.6 Å². The van der Waals surface area contributed by atoms with Gasteiger partial charge in [0.15, 0.2) is 0 Å². The summed E-state index contributed by atoms with van der Waals surface area (Å²) < 4.78 is 71.7. The summed E-state index contributed by atoms with van der Waals surface area (Å²) in [4.78, 5) is 22.6. The molecule has 0 radical (unpaired) electrons. The molecule has 174 valence electrons. The second kappa shape index (κ2) is 9.58. The van der Waals surface area contributed by atoms with E-state index in [2.05, 4.69) is 25.0 Å². The zero-order chi connectivity index (χ0) is 24.2. The van der Waals surface area contributed by atoms with E-state index in [0.29, 0.717) is 12.6 Å². The number of rotatable bonds is 7. The second-order valence-electron chi connectivity index (χ2n) is 6.32. The highest BCUT2D eigenvalue weighted by atomic mass is 35.5. The molecule has 33 heavy (non-hydrogen) atoms. The number of carbonyl (C=O) groups excluding carboxylic acids is 1. The Morgan fingerprint density at radius 2 is 1.82 bits per heavy atom. The van der Waals surface area contributed by atoms with Crippen molar-refractivity contribution in [2.24, 2.45) is 0 Å². The molecule has 9 nitrogen and oxygen atoms in total. The van der Waals surface area contributed by atoms with Crippen molar-refractivity contribution in [3.05, 3.63) is 65.2 Å². The maximum absolute atomic E-state index is 13.0. The van der Waals surface area contributed by atoms with Gasteiger partial charge in [0, 0.05) is 12.2 Å². The van der Waals surface area contributed by atoms with Crippen LogP contribution in [0.5, 0.6) is 11.8 Å². The fraction of sp³-hybridized carbons (Fsp3) is 0.158. The second-order valence-corrected chi connectivity index (χ2v) is 8.41. The van der Waals surface area contributed by atoms with Gasteiger partial charge in [-0.15, -0.1) is 0 Å². The number of nitrogens with one attached hydrogen (secondary N) is 2. The van der Waals surface area contributed by atoms with Gasteiger partial charge in [-0.1, -0.05) is 11.6 Å². The van der Waals surface area contributed by atoms with Crippen molar-refractivity contribution < 1.29 is 31.1 Å². The molecule has 0 aliphatic heterocycles. The van der Waals surface area contributed by atoms with Crippen LogP contribution in [0, 0.1) is 0 Å². The number of amides is 1. The number of hydrogen-bond acceptors (Lipinski definition) is 7. The molecule has 2 N–H and O–H groups in total. The minimum atomic E-state index is -4.81. The molecule has 1 heterocycles. The Balaban J connectivity index is 1.75. The lowest BCUT2D eigenvalue weighted by Gasteiger charge is -2.13. The standard InChI is InChI=1S/C19H15ClF3N5O4S/c1-2-24-17(29)16-25-10-26-18(27-16)32-12-5-3-11(4-6-12)28-33(30,31)13-7-8-15(20)14(9-13)19(21,22)23/h3-10,28H,2H2,1H3,(H,24,29). The van der Waals surface area contributed by atoms with Gasteiger partial charge in [-0.3, -0.25) is 9.52 Å². The van der Waals surface area contributed by atoms with Gasteiger partial charge in [0.1, 0.15) is 12.1 Å². The van der Waals surface area contributed by atoms with E-state index in [4.69, 9.17) is 16.3 Å². The van der Waals surface area contributed by atoms with Crippen molar-refractivity contribution in [3.8, 4) is 11.8 Å². The van der Waals surface area contributed by atoms with E-state index < -0.39 is 37.6 Å². The largest absolute Gasteiger partial charge is 0.424 e. The first-order valence-corrected chi connectivity index (χ1v) is 11.0. The lowest BCUT2D eigenvalue weighted by molar-refractivity contribution is -0.137. The van der Waals surface area contributed by atoms with E-state index in [1.807, 2.05) is 0 Å². The average Bonchev–Trinajstić information content (AvgIpc) is 2.74. The fourth-order valence-corrected chi connectivity index (χ4v) is 3.79. The van der Waals surface area contributed by atoms with Crippen molar-refractivity contribution in [2.45, 2.75) is 18.0 Å². The molecule has 0 fully saturated rings. The first-order valence-electron chi connectivity index (χ1n) is 9.14. The van der Waals surface area contributed by atoms with Gasteiger partial charge >= 0.3 is 12.2 Å². The summed E-state index contributed by atoms with van der Waals surface area (Å²) >= 11 is 5.53. The van der Waals surface area contributed by atoms with Crippen molar-refractivity contribution in [1.82, 2.24) is 20.3 Å². The summed E-state index contributed by atoms with van der Waals surface area (Å²) in [7, 11) is -4.33. The van der Waals surface area contributed by atoms with E-state index in [-0.39, 0.29) is 23.3 Å². The van der Waals surface area contributed by atoms with Crippen LogP contribution in [-0.2, 0) is 16.2 Å². The van der Waals surface area contributed by atoms with Crippen LogP contribution < -0.4 is 14.8 Å². The molecule has 0 atom stereocenters. The summed E-state index contributed by atoms with van der Waals surface area (Å²) in [5.74, 6) is -0.449. The minimum Gasteiger partial charge on any atom is -0.424 e. The maximum Gasteiger partial charge on any atom is 0.417 e. The van der Waals surface area contributed by atoms with Gasteiger partial charge < -0.3 is 10.1 Å². The Bertz CT molecular complexity index is 1270. The Morgan fingerprint density at radius 1 is 1.12 bits per heavy atom. The summed E-state index contributed by atoms with van der Waals surface area (Å²) in [6.07, 6.45) is -3.72. The van der Waals surface area contributed by atoms with Crippen molar-refractivity contribution >= 4 is 33.2 Å². The molecular formula is C19H15ClF3N5O4S. The predicted molar refractivity (Wildman–Crippen MR) is 112 cm³/mol. The normalized spacial score (nSPS) is 11.7. The highest BCUT2D eigenvalue weighted by Gasteiger charge is 2.34. The molecule has 0 spiro atoms. The molecule has 3 rings (SSSR count). The number of ether oxygens (including phenoxy) is 1. The number of aromatic nitrogens is 3. The molecule has 2 aromatic carbocycles. The molecule has 3 aromatic rings. The van der Waals surface area contributed by atoms with Crippen LogP contribution in [0.3, 0.4) is 0 Å². The first kappa shape index (κ1) is 24.2. The molecule has 0 saturated heterocycles. The third kappa shape index (κ3) is 6.08. The Morgan fingerprint density at radius 3 is 2.45 bits per heavy atom. The third-order valence-electron chi connectivity index (χ3n) is 3.96. The molecule has 0 aliphatic rings. The quantitative estimate of drug-likeness (QED) is 0.503. The summed E-state index contributed by atoms with van der Waals surface area (Å²) in [6.45, 7) is 2.11. The number of benzene rings is 2. The van der Waals surface area contributed by atoms with Gasteiger partial charge in [-0.2, -0.15) is 23.1 Å². The zero-order valence-electron chi connectivity index (χ0n) is 16.7. The third-order valence-corrected chi connectivity index (χ3v) is 5.67. The zero-order valence-corrected chi connectivity index (χ0v) is 18.3. The Labute approximate surface area is 191 Å². The van der Waals surface area contributed by atoms with Gasteiger partial charge in [-0.05, 0) is 49.4 Å². The van der Waals surface area contributed by atoms with Crippen LogP contribution in [0.4, 0.5) is 18.9 Å². The number of halogens is 4. The van der Waals surface area contributed by atoms with Gasteiger partial charge in [0.2, 0.25) is 5.82 Å². The van der Waals surface area contributed by atoms with Crippen LogP contribution in [0.15, 0.2) is 53.7 Å². The monoisotopic (exact) mass is 501 g/mol. The van der Waals surface area contributed by atoms with Crippen molar-refractivity contribution in [3.63, 3.8) is 0 Å². The van der Waals surface area contributed by atoms with Crippen molar-refractivity contribution in [2.75, 3.05) is 11.3 Å². The lowest BCUT2D eigenvalue weighted by atomic mass is 10.2.